The number of hydrogen-bond acceptors (Lipinski definition) is 3. The van der Waals surface area contributed by atoms with Gasteiger partial charge in [-0.2, -0.15) is 5.26 Å². The lowest BCUT2D eigenvalue weighted by molar-refractivity contribution is 0.628. The van der Waals surface area contributed by atoms with Gasteiger partial charge in [0.2, 0.25) is 0 Å². The van der Waals surface area contributed by atoms with Crippen LogP contribution in [0.2, 0.25) is 0 Å². The van der Waals surface area contributed by atoms with E-state index in [0.29, 0.717) is 22.6 Å². The lowest BCUT2D eigenvalue weighted by atomic mass is 10.2. The number of H-pyrrole nitrogens is 1. The molecule has 0 saturated heterocycles. The molecule has 0 bridgehead atoms. The molecule has 0 fully saturated rings. The van der Waals surface area contributed by atoms with E-state index in [0.717, 1.165) is 0 Å². The number of rotatable bonds is 1. The Kier molecular flexibility index (Phi) is 2.98. The molecule has 1 heterocycles. The predicted octanol–water partition coefficient (Wildman–Crippen LogP) is 3.13. The Hall–Kier alpha value is -2.06. The van der Waals surface area contributed by atoms with Crippen LogP contribution in [-0.2, 0) is 0 Å². The van der Waals surface area contributed by atoms with Gasteiger partial charge in [0.15, 0.2) is 0 Å². The quantitative estimate of drug-likeness (QED) is 0.785. The first-order chi connectivity index (χ1) is 8.11. The molecule has 1 aromatic carbocycles. The van der Waals surface area contributed by atoms with Crippen molar-refractivity contribution in [3.63, 3.8) is 0 Å². The summed E-state index contributed by atoms with van der Waals surface area (Å²) < 4.78 is 13.3. The summed E-state index contributed by atoms with van der Waals surface area (Å²) in [5.74, 6) is 0.122. The summed E-state index contributed by atoms with van der Waals surface area (Å²) in [6, 6.07) is 8.02. The zero-order valence-electron chi connectivity index (χ0n) is 8.99. The molecule has 0 atom stereocenters. The van der Waals surface area contributed by atoms with Gasteiger partial charge in [-0.25, -0.2) is 9.37 Å². The fourth-order valence-electron chi connectivity index (χ4n) is 1.49. The highest BCUT2D eigenvalue weighted by molar-refractivity contribution is 7.71. The van der Waals surface area contributed by atoms with Crippen molar-refractivity contribution in [3.05, 3.63) is 46.0 Å². The van der Waals surface area contributed by atoms with E-state index in [1.165, 1.54) is 12.1 Å². The molecular formula is C12H8FN3S. The van der Waals surface area contributed by atoms with Crippen LogP contribution in [-0.4, -0.2) is 9.97 Å². The van der Waals surface area contributed by atoms with Crippen molar-refractivity contribution in [2.45, 2.75) is 6.92 Å². The van der Waals surface area contributed by atoms with Gasteiger partial charge < -0.3 is 4.98 Å². The Balaban J connectivity index is 2.63. The van der Waals surface area contributed by atoms with Crippen LogP contribution in [0.4, 0.5) is 4.39 Å². The van der Waals surface area contributed by atoms with Gasteiger partial charge in [-0.1, -0.05) is 24.4 Å². The van der Waals surface area contributed by atoms with Gasteiger partial charge in [-0.05, 0) is 19.1 Å². The number of benzene rings is 1. The average Bonchev–Trinajstić information content (AvgIpc) is 2.28. The molecule has 0 aliphatic rings. The number of aromatic nitrogens is 2. The van der Waals surface area contributed by atoms with Gasteiger partial charge in [-0.15, -0.1) is 0 Å². The molecule has 0 spiro atoms. The largest absolute Gasteiger partial charge is 0.342 e. The summed E-state index contributed by atoms with van der Waals surface area (Å²) in [5, 5.41) is 8.87. The second-order valence-corrected chi connectivity index (χ2v) is 3.90. The van der Waals surface area contributed by atoms with Crippen molar-refractivity contribution in [2.75, 3.05) is 0 Å². The van der Waals surface area contributed by atoms with Crippen LogP contribution >= 0.6 is 12.2 Å². The number of nitriles is 1. The first kappa shape index (κ1) is 11.4. The molecule has 0 unspecified atom stereocenters. The van der Waals surface area contributed by atoms with Crippen molar-refractivity contribution in [2.24, 2.45) is 0 Å². The molecule has 5 heteroatoms. The molecule has 17 heavy (non-hydrogen) atoms. The van der Waals surface area contributed by atoms with Crippen LogP contribution in [0.3, 0.4) is 0 Å². The maximum absolute atomic E-state index is 13.1. The Morgan fingerprint density at radius 2 is 2.24 bits per heavy atom. The second kappa shape index (κ2) is 4.44. The average molecular weight is 245 g/mol. The lowest BCUT2D eigenvalue weighted by Crippen LogP contribution is -1.97. The number of nitrogens with one attached hydrogen (secondary N) is 1. The predicted molar refractivity (Wildman–Crippen MR) is 64.3 cm³/mol. The van der Waals surface area contributed by atoms with Crippen LogP contribution < -0.4 is 0 Å². The minimum Gasteiger partial charge on any atom is -0.342 e. The van der Waals surface area contributed by atoms with Crippen LogP contribution in [0, 0.1) is 28.7 Å². The topological polar surface area (TPSA) is 52.5 Å². The third-order valence-electron chi connectivity index (χ3n) is 2.32. The Bertz CT molecular complexity index is 670. The second-order valence-electron chi connectivity index (χ2n) is 3.51. The smallest absolute Gasteiger partial charge is 0.148 e. The summed E-state index contributed by atoms with van der Waals surface area (Å²) in [5.41, 5.74) is 1.58. The van der Waals surface area contributed by atoms with Crippen molar-refractivity contribution in [1.82, 2.24) is 9.97 Å². The third kappa shape index (κ3) is 2.22. The highest BCUT2D eigenvalue weighted by atomic mass is 32.1. The van der Waals surface area contributed by atoms with E-state index in [1.807, 2.05) is 6.07 Å². The molecule has 84 valence electrons. The Labute approximate surface area is 103 Å². The van der Waals surface area contributed by atoms with Gasteiger partial charge in [0.1, 0.15) is 27.9 Å². The SMILES string of the molecule is Cc1[nH]c(-c2cccc(F)c2)nc(=S)c1C#N. The summed E-state index contributed by atoms with van der Waals surface area (Å²) in [6.45, 7) is 1.73. The van der Waals surface area contributed by atoms with Crippen LogP contribution in [0.25, 0.3) is 11.4 Å². The molecule has 0 saturated carbocycles. The zero-order valence-corrected chi connectivity index (χ0v) is 9.81. The number of aryl methyl sites for hydroxylation is 1. The fraction of sp³-hybridized carbons (Fsp3) is 0.0833. The molecule has 2 aromatic rings. The van der Waals surface area contributed by atoms with Gasteiger partial charge >= 0.3 is 0 Å². The molecule has 0 aliphatic heterocycles. The van der Waals surface area contributed by atoms with Crippen molar-refractivity contribution >= 4 is 12.2 Å². The van der Waals surface area contributed by atoms with E-state index in [1.54, 1.807) is 19.1 Å². The van der Waals surface area contributed by atoms with Gasteiger partial charge in [0.05, 0.1) is 0 Å². The summed E-state index contributed by atoms with van der Waals surface area (Å²) in [4.78, 5) is 7.03. The first-order valence-electron chi connectivity index (χ1n) is 4.89. The normalized spacial score (nSPS) is 9.94. The van der Waals surface area contributed by atoms with Gasteiger partial charge in [0.25, 0.3) is 0 Å². The molecule has 2 rings (SSSR count). The highest BCUT2D eigenvalue weighted by Gasteiger charge is 2.06. The minimum absolute atomic E-state index is 0.225. The van der Waals surface area contributed by atoms with E-state index in [2.05, 4.69) is 9.97 Å². The summed E-state index contributed by atoms with van der Waals surface area (Å²) in [6.07, 6.45) is 0. The van der Waals surface area contributed by atoms with E-state index in [4.69, 9.17) is 17.5 Å². The number of hydrogen-bond donors (Lipinski definition) is 1. The van der Waals surface area contributed by atoms with Gasteiger partial charge in [-0.3, -0.25) is 0 Å². The van der Waals surface area contributed by atoms with E-state index < -0.39 is 0 Å². The lowest BCUT2D eigenvalue weighted by Gasteiger charge is -2.04. The summed E-state index contributed by atoms with van der Waals surface area (Å²) in [7, 11) is 0. The van der Waals surface area contributed by atoms with E-state index in [-0.39, 0.29) is 10.5 Å². The molecule has 0 amide bonds. The monoisotopic (exact) mass is 245 g/mol. The van der Waals surface area contributed by atoms with Crippen LogP contribution in [0.15, 0.2) is 24.3 Å². The molecule has 0 radical (unpaired) electrons. The third-order valence-corrected chi connectivity index (χ3v) is 2.61. The number of halogens is 1. The van der Waals surface area contributed by atoms with E-state index >= 15 is 0 Å². The Morgan fingerprint density at radius 3 is 2.82 bits per heavy atom. The molecule has 3 nitrogen and oxygen atoms in total. The standard InChI is InChI=1S/C12H8FN3S/c1-7-10(6-14)12(17)16-11(15-7)8-3-2-4-9(13)5-8/h2-5H,1H3,(H,15,16,17). The maximum atomic E-state index is 13.1. The van der Waals surface area contributed by atoms with Gasteiger partial charge in [0, 0.05) is 11.3 Å². The number of aromatic amines is 1. The van der Waals surface area contributed by atoms with E-state index in [9.17, 15) is 4.39 Å². The summed E-state index contributed by atoms with van der Waals surface area (Å²) >= 11 is 5.01. The molecule has 1 N–H and O–H groups in total. The zero-order chi connectivity index (χ0) is 12.4. The Morgan fingerprint density at radius 1 is 1.47 bits per heavy atom. The van der Waals surface area contributed by atoms with Crippen molar-refractivity contribution in [3.8, 4) is 17.5 Å². The fourth-order valence-corrected chi connectivity index (χ4v) is 1.78. The number of nitrogens with zero attached hydrogens (tertiary/aromatic N) is 2. The first-order valence-corrected chi connectivity index (χ1v) is 5.29. The molecular weight excluding hydrogens is 237 g/mol. The maximum Gasteiger partial charge on any atom is 0.148 e. The van der Waals surface area contributed by atoms with Crippen LogP contribution in [0.1, 0.15) is 11.3 Å². The van der Waals surface area contributed by atoms with Crippen molar-refractivity contribution < 1.29 is 4.39 Å². The van der Waals surface area contributed by atoms with Crippen molar-refractivity contribution in [1.29, 1.82) is 5.26 Å². The highest BCUT2D eigenvalue weighted by Crippen LogP contribution is 2.17. The van der Waals surface area contributed by atoms with Crippen LogP contribution in [0.5, 0.6) is 0 Å². The molecule has 1 aromatic heterocycles. The minimum atomic E-state index is -0.342. The molecule has 0 aliphatic carbocycles.